The van der Waals surface area contributed by atoms with Crippen LogP contribution >= 0.6 is 0 Å². The predicted molar refractivity (Wildman–Crippen MR) is 147 cm³/mol. The SMILES string of the molecule is [C-]#[N+]c1cc(-c2n(-c3c(C(C)C)cccc3C(C)C)c3ccccc3[n+]2C)c(C)c2ccccc12. The molecular formula is C32H32N3+. The number of rotatable bonds is 4. The zero-order valence-electron chi connectivity index (χ0n) is 21.4. The number of hydrogen-bond acceptors (Lipinski definition) is 0. The highest BCUT2D eigenvalue weighted by atomic mass is 15.2. The molecular weight excluding hydrogens is 426 g/mol. The van der Waals surface area contributed by atoms with Gasteiger partial charge in [0.15, 0.2) is 16.7 Å². The van der Waals surface area contributed by atoms with Gasteiger partial charge in [0.25, 0.3) is 5.82 Å². The van der Waals surface area contributed by atoms with Crippen LogP contribution in [-0.4, -0.2) is 4.57 Å². The molecule has 174 valence electrons. The van der Waals surface area contributed by atoms with Gasteiger partial charge in [0.2, 0.25) is 0 Å². The van der Waals surface area contributed by atoms with Crippen molar-refractivity contribution in [2.75, 3.05) is 0 Å². The molecule has 3 nitrogen and oxygen atoms in total. The summed E-state index contributed by atoms with van der Waals surface area (Å²) >= 11 is 0. The summed E-state index contributed by atoms with van der Waals surface area (Å²) in [7, 11) is 2.15. The van der Waals surface area contributed by atoms with Gasteiger partial charge in [-0.3, -0.25) is 0 Å². The number of aromatic nitrogens is 2. The molecule has 0 aliphatic carbocycles. The number of hydrogen-bond donors (Lipinski definition) is 0. The largest absolute Gasteiger partial charge is 0.293 e. The minimum Gasteiger partial charge on any atom is -0.237 e. The zero-order valence-corrected chi connectivity index (χ0v) is 21.4. The highest BCUT2D eigenvalue weighted by Gasteiger charge is 2.31. The molecule has 5 rings (SSSR count). The van der Waals surface area contributed by atoms with Gasteiger partial charge in [0.05, 0.1) is 19.2 Å². The maximum absolute atomic E-state index is 7.93. The Morgan fingerprint density at radius 1 is 0.800 bits per heavy atom. The minimum atomic E-state index is 0.375. The first-order valence-corrected chi connectivity index (χ1v) is 12.4. The number of para-hydroxylation sites is 3. The van der Waals surface area contributed by atoms with E-state index in [0.717, 1.165) is 22.2 Å². The molecule has 3 heteroatoms. The molecule has 0 amide bonds. The normalized spacial score (nSPS) is 11.6. The summed E-state index contributed by atoms with van der Waals surface area (Å²) in [5.74, 6) is 1.85. The Morgan fingerprint density at radius 3 is 2.03 bits per heavy atom. The Bertz CT molecular complexity index is 1600. The van der Waals surface area contributed by atoms with E-state index in [1.54, 1.807) is 0 Å². The molecule has 0 fully saturated rings. The van der Waals surface area contributed by atoms with Gasteiger partial charge < -0.3 is 0 Å². The standard InChI is InChI=1S/C32H32N3/c1-20(2)23-15-12-16-24(21(3)4)31(23)35-30-18-11-10-17-29(30)34(7)32(35)27-19-28(33-6)26-14-9-8-13-25(26)22(27)5/h8-21H,1-5,7H3/q+1. The van der Waals surface area contributed by atoms with Crippen LogP contribution in [0, 0.1) is 13.5 Å². The number of imidazole rings is 1. The molecule has 1 heterocycles. The van der Waals surface area contributed by atoms with Crippen LogP contribution in [0.25, 0.3) is 43.7 Å². The van der Waals surface area contributed by atoms with Crippen molar-refractivity contribution in [3.05, 3.63) is 101 Å². The minimum absolute atomic E-state index is 0.375. The van der Waals surface area contributed by atoms with Gasteiger partial charge >= 0.3 is 0 Å². The van der Waals surface area contributed by atoms with Crippen molar-refractivity contribution < 1.29 is 4.57 Å². The molecule has 0 aliphatic rings. The first-order chi connectivity index (χ1) is 16.8. The van der Waals surface area contributed by atoms with Crippen LogP contribution < -0.4 is 4.57 Å². The summed E-state index contributed by atoms with van der Waals surface area (Å²) in [4.78, 5) is 3.94. The number of benzene rings is 4. The van der Waals surface area contributed by atoms with Gasteiger partial charge in [-0.15, -0.1) is 0 Å². The maximum Gasteiger partial charge on any atom is 0.293 e. The second-order valence-corrected chi connectivity index (χ2v) is 10.0. The first kappa shape index (κ1) is 22.9. The summed E-state index contributed by atoms with van der Waals surface area (Å²) in [6.45, 7) is 19.2. The van der Waals surface area contributed by atoms with E-state index in [-0.39, 0.29) is 0 Å². The Labute approximate surface area is 208 Å². The molecule has 0 aliphatic heterocycles. The average molecular weight is 459 g/mol. The van der Waals surface area contributed by atoms with E-state index in [2.05, 4.69) is 122 Å². The van der Waals surface area contributed by atoms with Crippen molar-refractivity contribution in [1.82, 2.24) is 4.57 Å². The molecule has 1 aromatic heterocycles. The van der Waals surface area contributed by atoms with Crippen LogP contribution in [0.1, 0.15) is 56.2 Å². The molecule has 0 radical (unpaired) electrons. The van der Waals surface area contributed by atoms with E-state index < -0.39 is 0 Å². The van der Waals surface area contributed by atoms with Crippen LogP contribution in [0.2, 0.25) is 0 Å². The molecule has 0 unspecified atom stereocenters. The smallest absolute Gasteiger partial charge is 0.237 e. The molecule has 0 atom stereocenters. The van der Waals surface area contributed by atoms with Crippen molar-refractivity contribution >= 4 is 27.5 Å². The summed E-state index contributed by atoms with van der Waals surface area (Å²) in [6.07, 6.45) is 0. The fourth-order valence-corrected chi connectivity index (χ4v) is 5.44. The van der Waals surface area contributed by atoms with Gasteiger partial charge in [-0.05, 0) is 53.3 Å². The summed E-state index contributed by atoms with van der Waals surface area (Å²) in [6, 6.07) is 25.7. The maximum atomic E-state index is 7.93. The van der Waals surface area contributed by atoms with E-state index in [9.17, 15) is 0 Å². The Morgan fingerprint density at radius 2 is 1.40 bits per heavy atom. The fourth-order valence-electron chi connectivity index (χ4n) is 5.44. The van der Waals surface area contributed by atoms with E-state index >= 15 is 0 Å². The Hall–Kier alpha value is -3.90. The third-order valence-corrected chi connectivity index (χ3v) is 7.23. The van der Waals surface area contributed by atoms with Crippen LogP contribution in [0.3, 0.4) is 0 Å². The quantitative estimate of drug-likeness (QED) is 0.190. The molecule has 0 bridgehead atoms. The molecule has 35 heavy (non-hydrogen) atoms. The Kier molecular flexibility index (Phi) is 5.69. The van der Waals surface area contributed by atoms with Gasteiger partial charge in [-0.1, -0.05) is 82.3 Å². The second kappa shape index (κ2) is 8.71. The topological polar surface area (TPSA) is 13.2 Å². The fraction of sp³-hybridized carbons (Fsp3) is 0.250. The van der Waals surface area contributed by atoms with Crippen LogP contribution in [0.15, 0.2) is 72.8 Å². The van der Waals surface area contributed by atoms with Gasteiger partial charge in [0.1, 0.15) is 5.69 Å². The van der Waals surface area contributed by atoms with Crippen molar-refractivity contribution in [2.45, 2.75) is 46.5 Å². The zero-order chi connectivity index (χ0) is 24.9. The lowest BCUT2D eigenvalue weighted by molar-refractivity contribution is -0.633. The molecule has 0 saturated carbocycles. The lowest BCUT2D eigenvalue weighted by Crippen LogP contribution is -2.30. The van der Waals surface area contributed by atoms with E-state index in [0.29, 0.717) is 17.5 Å². The van der Waals surface area contributed by atoms with Crippen molar-refractivity contribution in [1.29, 1.82) is 0 Å². The highest BCUT2D eigenvalue weighted by molar-refractivity contribution is 6.00. The predicted octanol–water partition coefficient (Wildman–Crippen LogP) is 8.38. The van der Waals surface area contributed by atoms with Crippen LogP contribution in [0.5, 0.6) is 0 Å². The van der Waals surface area contributed by atoms with Gasteiger partial charge in [0, 0.05) is 11.1 Å². The van der Waals surface area contributed by atoms with E-state index in [1.807, 2.05) is 6.07 Å². The highest BCUT2D eigenvalue weighted by Crippen LogP contribution is 2.40. The summed E-state index contributed by atoms with van der Waals surface area (Å²) < 4.78 is 4.74. The van der Waals surface area contributed by atoms with Crippen LogP contribution in [0.4, 0.5) is 5.69 Å². The molecule has 5 aromatic rings. The van der Waals surface area contributed by atoms with E-state index in [4.69, 9.17) is 6.57 Å². The monoisotopic (exact) mass is 458 g/mol. The lowest BCUT2D eigenvalue weighted by Gasteiger charge is -2.19. The molecule has 0 spiro atoms. The average Bonchev–Trinajstić information content (AvgIpc) is 3.16. The number of nitrogens with zero attached hydrogens (tertiary/aromatic N) is 3. The third-order valence-electron chi connectivity index (χ3n) is 7.23. The van der Waals surface area contributed by atoms with E-state index in [1.165, 1.54) is 33.4 Å². The Balaban J connectivity index is 2.01. The second-order valence-electron chi connectivity index (χ2n) is 10.0. The molecule has 0 N–H and O–H groups in total. The number of fused-ring (bicyclic) bond motifs is 2. The van der Waals surface area contributed by atoms with Crippen LogP contribution in [-0.2, 0) is 7.05 Å². The number of aryl methyl sites for hydroxylation is 2. The molecule has 4 aromatic carbocycles. The summed E-state index contributed by atoms with van der Waals surface area (Å²) in [5, 5.41) is 2.15. The summed E-state index contributed by atoms with van der Waals surface area (Å²) in [5.41, 5.74) is 9.28. The lowest BCUT2D eigenvalue weighted by atomic mass is 9.92. The van der Waals surface area contributed by atoms with Crippen molar-refractivity contribution in [3.8, 4) is 17.1 Å². The third kappa shape index (κ3) is 3.53. The first-order valence-electron chi connectivity index (χ1n) is 12.4. The molecule has 0 saturated heterocycles. The van der Waals surface area contributed by atoms with Gasteiger partial charge in [-0.25, -0.2) is 9.41 Å². The van der Waals surface area contributed by atoms with Gasteiger partial charge in [-0.2, -0.15) is 4.57 Å². The van der Waals surface area contributed by atoms with Crippen molar-refractivity contribution in [3.63, 3.8) is 0 Å². The van der Waals surface area contributed by atoms with Crippen molar-refractivity contribution in [2.24, 2.45) is 7.05 Å².